The lowest BCUT2D eigenvalue weighted by atomic mass is 9.83. The Balaban J connectivity index is 1.77. The highest BCUT2D eigenvalue weighted by Crippen LogP contribution is 2.36. The fraction of sp³-hybridized carbons (Fsp3) is 0.278. The molecular weight excluding hydrogens is 264 g/mol. The van der Waals surface area contributed by atoms with Crippen molar-refractivity contribution >= 4 is 5.78 Å². The van der Waals surface area contributed by atoms with Gasteiger partial charge < -0.3 is 9.47 Å². The number of hydrogen-bond acceptors (Lipinski definition) is 3. The predicted molar refractivity (Wildman–Crippen MR) is 80.8 cm³/mol. The highest BCUT2D eigenvalue weighted by atomic mass is 16.5. The summed E-state index contributed by atoms with van der Waals surface area (Å²) in [5, 5.41) is 0. The standard InChI is InChI=1S/C18H18O3/c1-18(2)12-21-16-10-14(8-9-15(16)17(18)19)20-11-13-6-4-3-5-7-13/h3-10H,11-12H2,1-2H3. The van der Waals surface area contributed by atoms with Crippen LogP contribution >= 0.6 is 0 Å². The average Bonchev–Trinajstić information content (AvgIpc) is 2.50. The van der Waals surface area contributed by atoms with Crippen molar-refractivity contribution in [3.05, 3.63) is 59.7 Å². The van der Waals surface area contributed by atoms with E-state index in [1.807, 2.05) is 50.2 Å². The van der Waals surface area contributed by atoms with Crippen LogP contribution < -0.4 is 9.47 Å². The van der Waals surface area contributed by atoms with Gasteiger partial charge in [0.25, 0.3) is 0 Å². The van der Waals surface area contributed by atoms with E-state index < -0.39 is 5.41 Å². The van der Waals surface area contributed by atoms with Crippen LogP contribution in [-0.4, -0.2) is 12.4 Å². The summed E-state index contributed by atoms with van der Waals surface area (Å²) in [7, 11) is 0. The fourth-order valence-corrected chi connectivity index (χ4v) is 2.33. The molecule has 3 nitrogen and oxygen atoms in total. The number of ether oxygens (including phenoxy) is 2. The third-order valence-corrected chi connectivity index (χ3v) is 3.65. The van der Waals surface area contributed by atoms with Gasteiger partial charge in [0.15, 0.2) is 5.78 Å². The van der Waals surface area contributed by atoms with Crippen molar-refractivity contribution in [3.63, 3.8) is 0 Å². The van der Waals surface area contributed by atoms with Gasteiger partial charge in [-0.25, -0.2) is 0 Å². The Bertz CT molecular complexity index is 659. The van der Waals surface area contributed by atoms with Gasteiger partial charge >= 0.3 is 0 Å². The van der Waals surface area contributed by atoms with Gasteiger partial charge in [0, 0.05) is 6.07 Å². The summed E-state index contributed by atoms with van der Waals surface area (Å²) in [6.45, 7) is 4.70. The number of carbonyl (C=O) groups is 1. The molecule has 3 heteroatoms. The second-order valence-electron chi connectivity index (χ2n) is 5.93. The number of ketones is 1. The predicted octanol–water partition coefficient (Wildman–Crippen LogP) is 3.87. The molecule has 108 valence electrons. The van der Waals surface area contributed by atoms with E-state index in [1.165, 1.54) is 0 Å². The molecule has 0 aromatic heterocycles. The summed E-state index contributed by atoms with van der Waals surface area (Å²) in [6, 6.07) is 15.4. The van der Waals surface area contributed by atoms with Crippen molar-refractivity contribution in [2.75, 3.05) is 6.61 Å². The molecule has 0 aliphatic carbocycles. The lowest BCUT2D eigenvalue weighted by Crippen LogP contribution is -2.35. The molecule has 0 saturated carbocycles. The van der Waals surface area contributed by atoms with Crippen LogP contribution in [0, 0.1) is 5.41 Å². The molecule has 3 rings (SSSR count). The van der Waals surface area contributed by atoms with Gasteiger partial charge in [-0.1, -0.05) is 30.3 Å². The number of hydrogen-bond donors (Lipinski definition) is 0. The highest BCUT2D eigenvalue weighted by Gasteiger charge is 2.35. The molecule has 0 unspecified atom stereocenters. The SMILES string of the molecule is CC1(C)COc2cc(OCc3ccccc3)ccc2C1=O. The van der Waals surface area contributed by atoms with Crippen molar-refractivity contribution in [1.82, 2.24) is 0 Å². The van der Waals surface area contributed by atoms with Crippen LogP contribution in [0.4, 0.5) is 0 Å². The molecule has 0 amide bonds. The molecule has 2 aromatic rings. The Morgan fingerprint density at radius 3 is 2.67 bits per heavy atom. The minimum Gasteiger partial charge on any atom is -0.492 e. The normalized spacial score (nSPS) is 16.0. The third-order valence-electron chi connectivity index (χ3n) is 3.65. The maximum absolute atomic E-state index is 12.3. The number of carbonyl (C=O) groups excluding carboxylic acids is 1. The maximum Gasteiger partial charge on any atom is 0.175 e. The Morgan fingerprint density at radius 1 is 1.14 bits per heavy atom. The van der Waals surface area contributed by atoms with E-state index in [9.17, 15) is 4.79 Å². The molecule has 0 bridgehead atoms. The molecule has 1 aliphatic heterocycles. The van der Waals surface area contributed by atoms with E-state index in [4.69, 9.17) is 9.47 Å². The first kappa shape index (κ1) is 13.7. The molecule has 0 atom stereocenters. The first-order valence-corrected chi connectivity index (χ1v) is 7.05. The number of benzene rings is 2. The Morgan fingerprint density at radius 2 is 1.90 bits per heavy atom. The van der Waals surface area contributed by atoms with E-state index in [0.717, 1.165) is 5.56 Å². The van der Waals surface area contributed by atoms with Crippen molar-refractivity contribution in [2.24, 2.45) is 5.41 Å². The van der Waals surface area contributed by atoms with Gasteiger partial charge in [-0.3, -0.25) is 4.79 Å². The minimum absolute atomic E-state index is 0.123. The van der Waals surface area contributed by atoms with Crippen LogP contribution in [0.2, 0.25) is 0 Å². The summed E-state index contributed by atoms with van der Waals surface area (Å²) >= 11 is 0. The van der Waals surface area contributed by atoms with Crippen LogP contribution in [0.5, 0.6) is 11.5 Å². The van der Waals surface area contributed by atoms with Crippen molar-refractivity contribution in [3.8, 4) is 11.5 Å². The summed E-state index contributed by atoms with van der Waals surface area (Å²) in [6.07, 6.45) is 0. The van der Waals surface area contributed by atoms with Gasteiger partial charge in [-0.15, -0.1) is 0 Å². The maximum atomic E-state index is 12.3. The van der Waals surface area contributed by atoms with E-state index >= 15 is 0 Å². The molecule has 0 spiro atoms. The fourth-order valence-electron chi connectivity index (χ4n) is 2.33. The van der Waals surface area contributed by atoms with Crippen LogP contribution in [0.3, 0.4) is 0 Å². The number of fused-ring (bicyclic) bond motifs is 1. The Hall–Kier alpha value is -2.29. The Kier molecular flexibility index (Phi) is 3.42. The smallest absolute Gasteiger partial charge is 0.175 e. The van der Waals surface area contributed by atoms with Gasteiger partial charge in [0.05, 0.1) is 11.0 Å². The number of rotatable bonds is 3. The lowest BCUT2D eigenvalue weighted by Gasteiger charge is -2.29. The van der Waals surface area contributed by atoms with Gasteiger partial charge in [-0.05, 0) is 31.5 Å². The molecule has 21 heavy (non-hydrogen) atoms. The molecule has 0 fully saturated rings. The molecule has 2 aromatic carbocycles. The molecular formula is C18H18O3. The molecule has 0 saturated heterocycles. The molecule has 0 radical (unpaired) electrons. The quantitative estimate of drug-likeness (QED) is 0.857. The minimum atomic E-state index is -0.459. The van der Waals surface area contributed by atoms with Crippen molar-refractivity contribution < 1.29 is 14.3 Å². The average molecular weight is 282 g/mol. The topological polar surface area (TPSA) is 35.5 Å². The van der Waals surface area contributed by atoms with E-state index in [0.29, 0.717) is 30.3 Å². The zero-order chi connectivity index (χ0) is 14.9. The summed E-state index contributed by atoms with van der Waals surface area (Å²) in [5.74, 6) is 1.45. The lowest BCUT2D eigenvalue weighted by molar-refractivity contribution is 0.0691. The van der Waals surface area contributed by atoms with Gasteiger partial charge in [0.1, 0.15) is 24.7 Å². The summed E-state index contributed by atoms with van der Waals surface area (Å²) < 4.78 is 11.5. The van der Waals surface area contributed by atoms with Crippen LogP contribution in [-0.2, 0) is 6.61 Å². The third kappa shape index (κ3) is 2.77. The second-order valence-corrected chi connectivity index (χ2v) is 5.93. The number of Topliss-reactive ketones (excluding diaryl/α,β-unsaturated/α-hetero) is 1. The highest BCUT2D eigenvalue weighted by molar-refractivity contribution is 6.03. The summed E-state index contributed by atoms with van der Waals surface area (Å²) in [4.78, 5) is 12.3. The Labute approximate surface area is 124 Å². The van der Waals surface area contributed by atoms with E-state index in [2.05, 4.69) is 0 Å². The zero-order valence-electron chi connectivity index (χ0n) is 12.3. The molecule has 1 aliphatic rings. The van der Waals surface area contributed by atoms with Crippen LogP contribution in [0.15, 0.2) is 48.5 Å². The second kappa shape index (κ2) is 5.24. The van der Waals surface area contributed by atoms with Crippen LogP contribution in [0.1, 0.15) is 29.8 Å². The van der Waals surface area contributed by atoms with E-state index in [-0.39, 0.29) is 5.78 Å². The van der Waals surface area contributed by atoms with E-state index in [1.54, 1.807) is 12.1 Å². The molecule has 1 heterocycles. The van der Waals surface area contributed by atoms with Crippen molar-refractivity contribution in [1.29, 1.82) is 0 Å². The van der Waals surface area contributed by atoms with Crippen LogP contribution in [0.25, 0.3) is 0 Å². The first-order valence-electron chi connectivity index (χ1n) is 7.05. The zero-order valence-corrected chi connectivity index (χ0v) is 12.3. The monoisotopic (exact) mass is 282 g/mol. The first-order chi connectivity index (χ1) is 10.1. The molecule has 0 N–H and O–H groups in total. The van der Waals surface area contributed by atoms with Gasteiger partial charge in [0.2, 0.25) is 0 Å². The summed E-state index contributed by atoms with van der Waals surface area (Å²) in [5.41, 5.74) is 1.28. The van der Waals surface area contributed by atoms with Crippen molar-refractivity contribution in [2.45, 2.75) is 20.5 Å². The van der Waals surface area contributed by atoms with Gasteiger partial charge in [-0.2, -0.15) is 0 Å². The largest absolute Gasteiger partial charge is 0.492 e.